The molecule has 0 bridgehead atoms. The van der Waals surface area contributed by atoms with E-state index in [1.807, 2.05) is 79.8 Å². The highest BCUT2D eigenvalue weighted by molar-refractivity contribution is 5.85. The van der Waals surface area contributed by atoms with E-state index >= 15 is 0 Å². The first kappa shape index (κ1) is 62.1. The maximum atomic E-state index is 13.6. The lowest BCUT2D eigenvalue weighted by molar-refractivity contribution is -0.142. The average molecular weight is 1050 g/mol. The summed E-state index contributed by atoms with van der Waals surface area (Å²) in [5, 5.41) is 12.1. The number of pyridine rings is 4. The van der Waals surface area contributed by atoms with Crippen LogP contribution in [0.25, 0.3) is 0 Å². The van der Waals surface area contributed by atoms with Gasteiger partial charge in [-0.2, -0.15) is 0 Å². The third-order valence-electron chi connectivity index (χ3n) is 12.3. The number of carboxylic acid groups (broad SMARTS) is 1. The number of hydrogen-bond acceptors (Lipinski definition) is 15. The standard InChI is InChI=1S/C27H38N4O5.C15H23N3O3.C12H17NO3.ClH/c1-18(2)11-23(31-8-7-19(3)12-24(31)32)26(34)29-22(14-25(33)35-6)20-13-21(16-28-15-20)30-9-10-36-27(4,5)17-30;1-15(2)10-18(4-5-21-15)12-6-11(8-17-9-12)13(16)7-14(19)20-3;1-8(2)6-10(12(15)16)13-5-4-9(3)7-11(13)14;/h7-8,12-13,15-16,18,22-23H,9-11,14,17H2,1-6H3,(H,29,34);6,8-9,13H,4-5,7,10,16H2,1-3H3;4-5,7-8,10H,6H2,1-3H3,(H,15,16);1H/t22-,23?;13-;10-;/m000./s1. The van der Waals surface area contributed by atoms with Crippen molar-refractivity contribution in [1.82, 2.24) is 24.4 Å². The first-order valence-electron chi connectivity index (χ1n) is 24.8. The van der Waals surface area contributed by atoms with E-state index in [9.17, 15) is 28.8 Å². The predicted octanol–water partition coefficient (Wildman–Crippen LogP) is 6.68. The van der Waals surface area contributed by atoms with Crippen LogP contribution >= 0.6 is 12.4 Å². The SMILES string of the molecule is COC(=O)C[C@H](N)c1cncc(N2CCOC(C)(C)C2)c1.COC(=O)C[C@H](NC(=O)C(CC(C)C)n1ccc(C)cc1=O)c1cncc(N2CCOC(C)(C)C2)c1.Cc1ccn([C@@H](CC(C)C)C(=O)O)c(=O)c1.Cl. The van der Waals surface area contributed by atoms with Gasteiger partial charge in [0, 0.05) is 69.1 Å². The summed E-state index contributed by atoms with van der Waals surface area (Å²) < 4.78 is 23.8. The lowest BCUT2D eigenvalue weighted by Crippen LogP contribution is -2.48. The largest absolute Gasteiger partial charge is 0.480 e. The van der Waals surface area contributed by atoms with Crippen molar-refractivity contribution in [2.75, 3.05) is 63.4 Å². The summed E-state index contributed by atoms with van der Waals surface area (Å²) in [4.78, 5) is 85.7. The van der Waals surface area contributed by atoms with E-state index < -0.39 is 36.1 Å². The molecule has 2 aliphatic rings. The zero-order valence-electron chi connectivity index (χ0n) is 45.2. The van der Waals surface area contributed by atoms with Crippen LogP contribution in [0.5, 0.6) is 0 Å². The molecule has 0 radical (unpaired) electrons. The molecule has 408 valence electrons. The average Bonchev–Trinajstić information content (AvgIpc) is 3.32. The van der Waals surface area contributed by atoms with Crippen molar-refractivity contribution in [1.29, 1.82) is 0 Å². The number of anilines is 2. The molecule has 0 saturated carbocycles. The fraction of sp³-hybridized carbons (Fsp3) is 0.556. The molecule has 4 aromatic rings. The van der Waals surface area contributed by atoms with Gasteiger partial charge in [0.25, 0.3) is 11.1 Å². The molecule has 6 heterocycles. The fourth-order valence-corrected chi connectivity index (χ4v) is 8.52. The topological polar surface area (TPSA) is 240 Å². The number of methoxy groups -OCH3 is 2. The Morgan fingerprint density at radius 2 is 1.14 bits per heavy atom. The normalized spacial score (nSPS) is 16.4. The number of carboxylic acids is 1. The van der Waals surface area contributed by atoms with Crippen LogP contribution in [0.4, 0.5) is 11.4 Å². The molecule has 0 aromatic carbocycles. The van der Waals surface area contributed by atoms with Crippen LogP contribution in [0.1, 0.15) is 127 Å². The number of esters is 2. The van der Waals surface area contributed by atoms with Gasteiger partial charge in [0.05, 0.1) is 81.3 Å². The van der Waals surface area contributed by atoms with Gasteiger partial charge in [0.1, 0.15) is 12.1 Å². The molecule has 0 aliphatic carbocycles. The monoisotopic (exact) mass is 1050 g/mol. The summed E-state index contributed by atoms with van der Waals surface area (Å²) in [5.74, 6) is -1.66. The number of aryl methyl sites for hydroxylation is 2. The molecular formula is C54H79ClN8O11. The Morgan fingerprint density at radius 1 is 0.703 bits per heavy atom. The molecule has 4 atom stereocenters. The number of nitrogens with two attached hydrogens (primary N) is 1. The first-order valence-corrected chi connectivity index (χ1v) is 24.8. The quantitative estimate of drug-likeness (QED) is 0.0934. The number of ether oxygens (including phenoxy) is 4. The number of nitrogens with zero attached hydrogens (tertiary/aromatic N) is 6. The molecule has 1 unspecified atom stereocenters. The van der Waals surface area contributed by atoms with Gasteiger partial charge in [0.15, 0.2) is 0 Å². The Bertz CT molecular complexity index is 2600. The molecule has 2 aliphatic heterocycles. The van der Waals surface area contributed by atoms with Gasteiger partial charge < -0.3 is 54.0 Å². The van der Waals surface area contributed by atoms with E-state index in [-0.39, 0.29) is 71.3 Å². The van der Waals surface area contributed by atoms with Crippen LogP contribution in [0, 0.1) is 25.7 Å². The Hall–Kier alpha value is -6.15. The molecule has 6 rings (SSSR count). The molecule has 4 aromatic heterocycles. The van der Waals surface area contributed by atoms with Crippen LogP contribution in [0.15, 0.2) is 83.2 Å². The van der Waals surface area contributed by atoms with Crippen LogP contribution in [-0.2, 0) is 38.1 Å². The van der Waals surface area contributed by atoms with Crippen LogP contribution in [0.2, 0.25) is 0 Å². The lowest BCUT2D eigenvalue weighted by atomic mass is 10.00. The Morgan fingerprint density at radius 3 is 1.57 bits per heavy atom. The van der Waals surface area contributed by atoms with E-state index in [2.05, 4.69) is 43.7 Å². The van der Waals surface area contributed by atoms with Gasteiger partial charge >= 0.3 is 17.9 Å². The Balaban J connectivity index is 0.000000321. The third kappa shape index (κ3) is 19.3. The number of carbonyl (C=O) groups is 4. The highest BCUT2D eigenvalue weighted by Crippen LogP contribution is 2.29. The summed E-state index contributed by atoms with van der Waals surface area (Å²) in [6.07, 6.45) is 11.2. The Labute approximate surface area is 441 Å². The first-order chi connectivity index (χ1) is 34.3. The lowest BCUT2D eigenvalue weighted by Gasteiger charge is -2.39. The van der Waals surface area contributed by atoms with Crippen molar-refractivity contribution in [3.63, 3.8) is 0 Å². The number of amides is 1. The van der Waals surface area contributed by atoms with E-state index in [1.54, 1.807) is 37.1 Å². The van der Waals surface area contributed by atoms with Crippen molar-refractivity contribution in [2.45, 2.75) is 130 Å². The fourth-order valence-electron chi connectivity index (χ4n) is 8.52. The third-order valence-corrected chi connectivity index (χ3v) is 12.3. The molecule has 2 saturated heterocycles. The van der Waals surface area contributed by atoms with Crippen molar-refractivity contribution in [3.05, 3.63) is 117 Å². The minimum Gasteiger partial charge on any atom is -0.480 e. The Kier molecular flexibility index (Phi) is 23.9. The van der Waals surface area contributed by atoms with Gasteiger partial charge in [-0.05, 0) is 113 Å². The molecule has 4 N–H and O–H groups in total. The van der Waals surface area contributed by atoms with E-state index in [0.717, 1.165) is 47.7 Å². The number of carbonyl (C=O) groups excluding carboxylic acids is 3. The van der Waals surface area contributed by atoms with Gasteiger partial charge in [-0.3, -0.25) is 33.9 Å². The molecule has 0 spiro atoms. The number of rotatable bonds is 17. The van der Waals surface area contributed by atoms with E-state index in [0.29, 0.717) is 38.2 Å². The maximum Gasteiger partial charge on any atom is 0.326 e. The molecule has 19 nitrogen and oxygen atoms in total. The van der Waals surface area contributed by atoms with Crippen molar-refractivity contribution in [2.24, 2.45) is 17.6 Å². The molecule has 20 heteroatoms. The summed E-state index contributed by atoms with van der Waals surface area (Å²) >= 11 is 0. The van der Waals surface area contributed by atoms with Crippen LogP contribution in [-0.4, -0.2) is 113 Å². The van der Waals surface area contributed by atoms with Crippen LogP contribution in [0.3, 0.4) is 0 Å². The number of nitrogens with one attached hydrogen (secondary N) is 1. The summed E-state index contributed by atoms with van der Waals surface area (Å²) in [6.45, 7) is 24.1. The molecule has 74 heavy (non-hydrogen) atoms. The molecule has 2 fully saturated rings. The molecular weight excluding hydrogens is 972 g/mol. The zero-order valence-corrected chi connectivity index (χ0v) is 46.0. The minimum atomic E-state index is -0.959. The van der Waals surface area contributed by atoms with Gasteiger partial charge in [-0.1, -0.05) is 27.7 Å². The highest BCUT2D eigenvalue weighted by Gasteiger charge is 2.31. The van der Waals surface area contributed by atoms with E-state index in [4.69, 9.17) is 25.1 Å². The van der Waals surface area contributed by atoms with Gasteiger partial charge in [0.2, 0.25) is 5.91 Å². The summed E-state index contributed by atoms with van der Waals surface area (Å²) in [6, 6.07) is 7.91. The van der Waals surface area contributed by atoms with Gasteiger partial charge in [-0.15, -0.1) is 12.4 Å². The number of aromatic nitrogens is 4. The second-order valence-corrected chi connectivity index (χ2v) is 20.8. The summed E-state index contributed by atoms with van der Waals surface area (Å²) in [5.41, 5.74) is 10.2. The smallest absolute Gasteiger partial charge is 0.326 e. The molecule has 1 amide bonds. The second-order valence-electron chi connectivity index (χ2n) is 20.8. The van der Waals surface area contributed by atoms with Gasteiger partial charge in [-0.25, -0.2) is 4.79 Å². The number of halogens is 1. The van der Waals surface area contributed by atoms with Crippen molar-refractivity contribution < 1.29 is 43.2 Å². The number of aliphatic carboxylic acids is 1. The second kappa shape index (κ2) is 28.5. The number of hydrogen-bond donors (Lipinski definition) is 3. The van der Waals surface area contributed by atoms with Crippen LogP contribution < -0.4 is 32.0 Å². The zero-order chi connectivity index (χ0) is 54.2. The van der Waals surface area contributed by atoms with E-state index in [1.165, 1.54) is 35.5 Å². The maximum absolute atomic E-state index is 13.6. The predicted molar refractivity (Wildman–Crippen MR) is 287 cm³/mol. The van der Waals surface area contributed by atoms with Crippen molar-refractivity contribution >= 4 is 47.6 Å². The number of morpholine rings is 2. The summed E-state index contributed by atoms with van der Waals surface area (Å²) in [7, 11) is 2.68. The minimum absolute atomic E-state index is 0. The van der Waals surface area contributed by atoms with Crippen molar-refractivity contribution in [3.8, 4) is 0 Å². The highest BCUT2D eigenvalue weighted by atomic mass is 35.5.